The van der Waals surface area contributed by atoms with Crippen LogP contribution in [-0.4, -0.2) is 51.9 Å². The average Bonchev–Trinajstić information content (AvgIpc) is 2.68. The van der Waals surface area contributed by atoms with Gasteiger partial charge in [-0.2, -0.15) is 0 Å². The monoisotopic (exact) mass is 420 g/mol. The van der Waals surface area contributed by atoms with Crippen LogP contribution < -0.4 is 10.1 Å². The number of esters is 1. The molecule has 29 heavy (non-hydrogen) atoms. The standard InChI is InChI=1S/C20H24N2O6S/c1-15-7-4-5-10-18(15)27-12-11-20(24)28-14-19(23)21-16-8-6-9-17(13-16)29(25,26)22(2)3/h4-10,13H,11-12,14H2,1-3H3,(H,21,23). The van der Waals surface area contributed by atoms with Gasteiger partial charge >= 0.3 is 5.97 Å². The van der Waals surface area contributed by atoms with Crippen molar-refractivity contribution >= 4 is 27.6 Å². The molecule has 0 spiro atoms. The molecule has 0 saturated carbocycles. The van der Waals surface area contributed by atoms with Crippen LogP contribution in [0.3, 0.4) is 0 Å². The maximum absolute atomic E-state index is 12.1. The molecule has 2 aromatic carbocycles. The summed E-state index contributed by atoms with van der Waals surface area (Å²) in [4.78, 5) is 23.8. The average molecular weight is 420 g/mol. The second-order valence-electron chi connectivity index (χ2n) is 6.39. The van der Waals surface area contributed by atoms with Gasteiger partial charge in [0.25, 0.3) is 5.91 Å². The zero-order valence-corrected chi connectivity index (χ0v) is 17.4. The first-order valence-electron chi connectivity index (χ1n) is 8.86. The Bertz CT molecular complexity index is 972. The first kappa shape index (κ1) is 22.4. The predicted molar refractivity (Wildman–Crippen MR) is 108 cm³/mol. The molecule has 0 atom stereocenters. The van der Waals surface area contributed by atoms with Gasteiger partial charge in [0.1, 0.15) is 5.75 Å². The van der Waals surface area contributed by atoms with E-state index in [9.17, 15) is 18.0 Å². The van der Waals surface area contributed by atoms with Crippen molar-refractivity contribution in [1.82, 2.24) is 4.31 Å². The lowest BCUT2D eigenvalue weighted by Gasteiger charge is -2.13. The smallest absolute Gasteiger partial charge is 0.309 e. The Morgan fingerprint density at radius 3 is 2.48 bits per heavy atom. The number of carbonyl (C=O) groups is 2. The van der Waals surface area contributed by atoms with Gasteiger partial charge in [-0.05, 0) is 36.8 Å². The van der Waals surface area contributed by atoms with Crippen LogP contribution in [-0.2, 0) is 24.3 Å². The minimum atomic E-state index is -3.61. The summed E-state index contributed by atoms with van der Waals surface area (Å²) in [5.41, 5.74) is 1.25. The Kier molecular flexibility index (Phi) is 7.74. The van der Waals surface area contributed by atoms with E-state index in [1.165, 1.54) is 32.3 Å². The molecule has 9 heteroatoms. The molecule has 0 heterocycles. The predicted octanol–water partition coefficient (Wildman–Crippen LogP) is 2.20. The Morgan fingerprint density at radius 2 is 1.79 bits per heavy atom. The number of rotatable bonds is 9. The van der Waals surface area contributed by atoms with Crippen LogP contribution in [0.1, 0.15) is 12.0 Å². The highest BCUT2D eigenvalue weighted by molar-refractivity contribution is 7.89. The molecule has 8 nitrogen and oxygen atoms in total. The van der Waals surface area contributed by atoms with Crippen LogP contribution in [0.4, 0.5) is 5.69 Å². The molecular weight excluding hydrogens is 396 g/mol. The number of nitrogens with one attached hydrogen (secondary N) is 1. The number of hydrogen-bond acceptors (Lipinski definition) is 6. The lowest BCUT2D eigenvalue weighted by Crippen LogP contribution is -2.23. The van der Waals surface area contributed by atoms with E-state index in [0.717, 1.165) is 9.87 Å². The van der Waals surface area contributed by atoms with E-state index in [1.807, 2.05) is 25.1 Å². The summed E-state index contributed by atoms with van der Waals surface area (Å²) in [7, 11) is -0.775. The molecule has 0 saturated heterocycles. The highest BCUT2D eigenvalue weighted by Gasteiger charge is 2.17. The number of ether oxygens (including phenoxy) is 2. The van der Waals surface area contributed by atoms with Gasteiger partial charge in [-0.15, -0.1) is 0 Å². The van der Waals surface area contributed by atoms with Gasteiger partial charge in [0, 0.05) is 19.8 Å². The van der Waals surface area contributed by atoms with E-state index in [4.69, 9.17) is 9.47 Å². The molecule has 1 N–H and O–H groups in total. The summed E-state index contributed by atoms with van der Waals surface area (Å²) in [6.07, 6.45) is -0.00181. The SMILES string of the molecule is Cc1ccccc1OCCC(=O)OCC(=O)Nc1cccc(S(=O)(=O)N(C)C)c1. The number of carbonyl (C=O) groups excluding carboxylic acids is 2. The van der Waals surface area contributed by atoms with Crippen LogP contribution in [0.2, 0.25) is 0 Å². The normalized spacial score (nSPS) is 11.2. The van der Waals surface area contributed by atoms with E-state index >= 15 is 0 Å². The van der Waals surface area contributed by atoms with Crippen LogP contribution in [0.25, 0.3) is 0 Å². The summed E-state index contributed by atoms with van der Waals surface area (Å²) in [5.74, 6) is -0.458. The lowest BCUT2D eigenvalue weighted by atomic mass is 10.2. The Balaban J connectivity index is 1.79. The van der Waals surface area contributed by atoms with Crippen LogP contribution >= 0.6 is 0 Å². The van der Waals surface area contributed by atoms with E-state index in [0.29, 0.717) is 5.75 Å². The number of anilines is 1. The number of aryl methyl sites for hydroxylation is 1. The highest BCUT2D eigenvalue weighted by atomic mass is 32.2. The molecule has 0 aliphatic heterocycles. The summed E-state index contributed by atoms with van der Waals surface area (Å²) in [5, 5.41) is 2.51. The Labute approximate surface area is 170 Å². The summed E-state index contributed by atoms with van der Waals surface area (Å²) < 4.78 is 35.8. The minimum Gasteiger partial charge on any atom is -0.493 e. The number of hydrogen-bond donors (Lipinski definition) is 1. The van der Waals surface area contributed by atoms with Crippen molar-refractivity contribution in [2.24, 2.45) is 0 Å². The largest absolute Gasteiger partial charge is 0.493 e. The third-order valence-electron chi connectivity index (χ3n) is 3.92. The molecule has 0 aromatic heterocycles. The summed E-state index contributed by atoms with van der Waals surface area (Å²) in [6, 6.07) is 13.3. The maximum atomic E-state index is 12.1. The van der Waals surface area contributed by atoms with E-state index in [-0.39, 0.29) is 23.6 Å². The molecular formula is C20H24N2O6S. The molecule has 0 radical (unpaired) electrons. The van der Waals surface area contributed by atoms with Gasteiger partial charge in [0.05, 0.1) is 17.9 Å². The number of sulfonamides is 1. The van der Waals surface area contributed by atoms with Gasteiger partial charge in [0.2, 0.25) is 10.0 Å². The molecule has 0 bridgehead atoms. The zero-order chi connectivity index (χ0) is 21.4. The van der Waals surface area contributed by atoms with Gasteiger partial charge in [-0.3, -0.25) is 9.59 Å². The highest BCUT2D eigenvalue weighted by Crippen LogP contribution is 2.18. The lowest BCUT2D eigenvalue weighted by molar-refractivity contribution is -0.147. The molecule has 2 aromatic rings. The molecule has 156 valence electrons. The first-order chi connectivity index (χ1) is 13.7. The van der Waals surface area contributed by atoms with Crippen molar-refractivity contribution in [1.29, 1.82) is 0 Å². The second kappa shape index (κ2) is 10.0. The number of nitrogens with zero attached hydrogens (tertiary/aromatic N) is 1. The van der Waals surface area contributed by atoms with Crippen LogP contribution in [0.5, 0.6) is 5.75 Å². The fourth-order valence-corrected chi connectivity index (χ4v) is 3.27. The molecule has 0 aliphatic carbocycles. The summed E-state index contributed by atoms with van der Waals surface area (Å²) >= 11 is 0. The van der Waals surface area contributed by atoms with Gasteiger partial charge in [-0.1, -0.05) is 24.3 Å². The van der Waals surface area contributed by atoms with Crippen molar-refractivity contribution < 1.29 is 27.5 Å². The number of benzene rings is 2. The summed E-state index contributed by atoms with van der Waals surface area (Å²) in [6.45, 7) is 1.56. The van der Waals surface area contributed by atoms with Crippen LogP contribution in [0, 0.1) is 6.92 Å². The topological polar surface area (TPSA) is 102 Å². The quantitative estimate of drug-likeness (QED) is 0.624. The van der Waals surface area contributed by atoms with Crippen molar-refractivity contribution in [2.45, 2.75) is 18.2 Å². The van der Waals surface area contributed by atoms with E-state index in [2.05, 4.69) is 5.32 Å². The van der Waals surface area contributed by atoms with Crippen LogP contribution in [0.15, 0.2) is 53.4 Å². The fraction of sp³-hybridized carbons (Fsp3) is 0.300. The Hall–Kier alpha value is -2.91. The van der Waals surface area contributed by atoms with E-state index in [1.54, 1.807) is 12.1 Å². The maximum Gasteiger partial charge on any atom is 0.309 e. The fourth-order valence-electron chi connectivity index (χ4n) is 2.32. The molecule has 1 amide bonds. The molecule has 0 aliphatic rings. The first-order valence-corrected chi connectivity index (χ1v) is 10.3. The minimum absolute atomic E-state index is 0.00181. The molecule has 0 fully saturated rings. The molecule has 0 unspecified atom stereocenters. The Morgan fingerprint density at radius 1 is 1.07 bits per heavy atom. The van der Waals surface area contributed by atoms with Gasteiger partial charge in [-0.25, -0.2) is 12.7 Å². The van der Waals surface area contributed by atoms with Gasteiger partial charge in [0.15, 0.2) is 6.61 Å². The van der Waals surface area contributed by atoms with Gasteiger partial charge < -0.3 is 14.8 Å². The van der Waals surface area contributed by atoms with Crippen molar-refractivity contribution in [2.75, 3.05) is 32.6 Å². The van der Waals surface area contributed by atoms with Crippen molar-refractivity contribution in [3.63, 3.8) is 0 Å². The molecule has 2 rings (SSSR count). The zero-order valence-electron chi connectivity index (χ0n) is 16.5. The van der Waals surface area contributed by atoms with Crippen molar-refractivity contribution in [3.8, 4) is 5.75 Å². The van der Waals surface area contributed by atoms with Crippen molar-refractivity contribution in [3.05, 3.63) is 54.1 Å². The van der Waals surface area contributed by atoms with E-state index < -0.39 is 28.5 Å². The number of para-hydroxylation sites is 1. The third kappa shape index (κ3) is 6.58. The third-order valence-corrected chi connectivity index (χ3v) is 5.73. The second-order valence-corrected chi connectivity index (χ2v) is 8.54. The number of amides is 1.